The van der Waals surface area contributed by atoms with Gasteiger partial charge < -0.3 is 5.11 Å². The molecule has 74 valence electrons. The van der Waals surface area contributed by atoms with Crippen LogP contribution in [0.2, 0.25) is 0 Å². The zero-order chi connectivity index (χ0) is 10.3. The standard InChI is InChI=1S/C8H7NO4S/c10-2-4-3-14-6-1-5(11)9(6)7(4)8(12)13/h2,6H,1,3H2,(H,12,13)/t6-/m1/s1. The molecule has 1 fully saturated rings. The molecule has 0 radical (unpaired) electrons. The van der Waals surface area contributed by atoms with E-state index in [0.29, 0.717) is 18.5 Å². The summed E-state index contributed by atoms with van der Waals surface area (Å²) in [5, 5.41) is 8.77. The van der Waals surface area contributed by atoms with E-state index in [1.54, 1.807) is 0 Å². The van der Waals surface area contributed by atoms with Crippen LogP contribution in [0.15, 0.2) is 11.3 Å². The van der Waals surface area contributed by atoms with Crippen LogP contribution in [-0.4, -0.2) is 39.3 Å². The SMILES string of the molecule is O=CC1=C(C(=O)O)N2C(=O)C[C@H]2SC1. The van der Waals surface area contributed by atoms with Crippen molar-refractivity contribution in [1.29, 1.82) is 0 Å². The highest BCUT2D eigenvalue weighted by molar-refractivity contribution is 8.00. The summed E-state index contributed by atoms with van der Waals surface area (Å²) in [4.78, 5) is 33.8. The summed E-state index contributed by atoms with van der Waals surface area (Å²) in [6, 6.07) is 0. The maximum absolute atomic E-state index is 11.1. The highest BCUT2D eigenvalue weighted by atomic mass is 32.2. The van der Waals surface area contributed by atoms with Crippen LogP contribution in [0.4, 0.5) is 0 Å². The van der Waals surface area contributed by atoms with Crippen LogP contribution in [0, 0.1) is 0 Å². The Bertz CT molecular complexity index is 362. The van der Waals surface area contributed by atoms with Crippen LogP contribution in [0.5, 0.6) is 0 Å². The minimum atomic E-state index is -1.20. The van der Waals surface area contributed by atoms with Crippen LogP contribution >= 0.6 is 11.8 Å². The van der Waals surface area contributed by atoms with E-state index >= 15 is 0 Å². The quantitative estimate of drug-likeness (QED) is 0.509. The molecular weight excluding hydrogens is 206 g/mol. The van der Waals surface area contributed by atoms with Crippen LogP contribution in [-0.2, 0) is 14.4 Å². The second kappa shape index (κ2) is 3.13. The Morgan fingerprint density at radius 1 is 1.64 bits per heavy atom. The van der Waals surface area contributed by atoms with Crippen molar-refractivity contribution in [2.75, 3.05) is 5.75 Å². The van der Waals surface area contributed by atoms with Gasteiger partial charge >= 0.3 is 5.97 Å². The first-order chi connectivity index (χ1) is 6.65. The zero-order valence-corrected chi connectivity index (χ0v) is 7.91. The van der Waals surface area contributed by atoms with Crippen LogP contribution in [0.3, 0.4) is 0 Å². The van der Waals surface area contributed by atoms with Crippen molar-refractivity contribution in [2.45, 2.75) is 11.8 Å². The molecule has 1 saturated heterocycles. The van der Waals surface area contributed by atoms with Crippen molar-refractivity contribution >= 4 is 29.9 Å². The molecule has 0 aromatic heterocycles. The number of carboxylic acids is 1. The number of thioether (sulfide) groups is 1. The Kier molecular flexibility index (Phi) is 2.07. The van der Waals surface area contributed by atoms with Gasteiger partial charge in [0.1, 0.15) is 12.0 Å². The summed E-state index contributed by atoms with van der Waals surface area (Å²) in [5.41, 5.74) is 0.0480. The molecule has 1 atom stereocenters. The van der Waals surface area contributed by atoms with Gasteiger partial charge in [-0.05, 0) is 0 Å². The van der Waals surface area contributed by atoms with Gasteiger partial charge in [0.05, 0.1) is 11.8 Å². The number of carboxylic acid groups (broad SMARTS) is 1. The minimum absolute atomic E-state index is 0.0858. The Labute approximate surface area is 83.8 Å². The predicted molar refractivity (Wildman–Crippen MR) is 48.4 cm³/mol. The largest absolute Gasteiger partial charge is 0.477 e. The maximum atomic E-state index is 11.1. The Morgan fingerprint density at radius 3 is 2.86 bits per heavy atom. The van der Waals surface area contributed by atoms with Gasteiger partial charge in [-0.1, -0.05) is 0 Å². The van der Waals surface area contributed by atoms with E-state index in [4.69, 9.17) is 5.11 Å². The molecule has 1 N–H and O–H groups in total. The summed E-state index contributed by atoms with van der Waals surface area (Å²) in [5.74, 6) is -1.05. The number of hydrogen-bond acceptors (Lipinski definition) is 4. The van der Waals surface area contributed by atoms with Crippen LogP contribution in [0.1, 0.15) is 6.42 Å². The van der Waals surface area contributed by atoms with Gasteiger partial charge in [0.25, 0.3) is 0 Å². The maximum Gasteiger partial charge on any atom is 0.353 e. The number of rotatable bonds is 2. The van der Waals surface area contributed by atoms with Crippen molar-refractivity contribution in [3.8, 4) is 0 Å². The van der Waals surface area contributed by atoms with Gasteiger partial charge in [-0.15, -0.1) is 11.8 Å². The smallest absolute Gasteiger partial charge is 0.353 e. The number of aldehydes is 1. The number of carbonyl (C=O) groups excluding carboxylic acids is 2. The summed E-state index contributed by atoms with van der Waals surface area (Å²) in [6.45, 7) is 0. The highest BCUT2D eigenvalue weighted by Crippen LogP contribution is 2.39. The third-order valence-electron chi connectivity index (χ3n) is 2.23. The Hall–Kier alpha value is -1.30. The summed E-state index contributed by atoms with van der Waals surface area (Å²) < 4.78 is 0. The third kappa shape index (κ3) is 1.14. The van der Waals surface area contributed by atoms with Crippen LogP contribution < -0.4 is 0 Å². The van der Waals surface area contributed by atoms with E-state index in [9.17, 15) is 14.4 Å². The molecule has 0 bridgehead atoms. The van der Waals surface area contributed by atoms with Gasteiger partial charge in [0.15, 0.2) is 0 Å². The fourth-order valence-corrected chi connectivity index (χ4v) is 2.74. The van der Waals surface area contributed by atoms with Gasteiger partial charge in [-0.2, -0.15) is 0 Å². The fourth-order valence-electron chi connectivity index (χ4n) is 1.53. The number of nitrogens with zero attached hydrogens (tertiary/aromatic N) is 1. The summed E-state index contributed by atoms with van der Waals surface area (Å²) in [6.07, 6.45) is 0.881. The number of carbonyl (C=O) groups is 3. The lowest BCUT2D eigenvalue weighted by Gasteiger charge is -2.43. The summed E-state index contributed by atoms with van der Waals surface area (Å²) >= 11 is 1.42. The van der Waals surface area contributed by atoms with E-state index in [0.717, 1.165) is 0 Å². The Morgan fingerprint density at radius 2 is 2.36 bits per heavy atom. The molecule has 2 heterocycles. The average Bonchev–Trinajstić information content (AvgIpc) is 2.15. The first-order valence-corrected chi connectivity index (χ1v) is 5.05. The molecule has 0 aromatic rings. The molecular formula is C8H7NO4S. The molecule has 2 aliphatic heterocycles. The molecule has 0 aromatic carbocycles. The summed E-state index contributed by atoms with van der Waals surface area (Å²) in [7, 11) is 0. The molecule has 6 heteroatoms. The number of aliphatic carboxylic acids is 1. The van der Waals surface area contributed by atoms with Gasteiger partial charge in [-0.25, -0.2) is 4.79 Å². The van der Waals surface area contributed by atoms with Crippen molar-refractivity contribution < 1.29 is 19.5 Å². The lowest BCUT2D eigenvalue weighted by Crippen LogP contribution is -2.54. The molecule has 2 rings (SSSR count). The highest BCUT2D eigenvalue weighted by Gasteiger charge is 2.45. The molecule has 0 spiro atoms. The van der Waals surface area contributed by atoms with Crippen LogP contribution in [0.25, 0.3) is 0 Å². The molecule has 1 amide bonds. The number of β-lactam (4-membered cyclic amide) rings is 1. The van der Waals surface area contributed by atoms with Gasteiger partial charge in [0.2, 0.25) is 5.91 Å². The fraction of sp³-hybridized carbons (Fsp3) is 0.375. The minimum Gasteiger partial charge on any atom is -0.477 e. The molecule has 0 aliphatic carbocycles. The monoisotopic (exact) mass is 213 g/mol. The number of hydrogen-bond donors (Lipinski definition) is 1. The van der Waals surface area contributed by atoms with E-state index in [2.05, 4.69) is 0 Å². The number of amides is 1. The van der Waals surface area contributed by atoms with Gasteiger partial charge in [-0.3, -0.25) is 14.5 Å². The van der Waals surface area contributed by atoms with E-state index in [-0.39, 0.29) is 22.6 Å². The molecule has 5 nitrogen and oxygen atoms in total. The normalized spacial score (nSPS) is 25.6. The molecule has 0 unspecified atom stereocenters. The first kappa shape index (κ1) is 9.26. The second-order valence-electron chi connectivity index (χ2n) is 3.03. The molecule has 14 heavy (non-hydrogen) atoms. The van der Waals surface area contributed by atoms with E-state index in [1.165, 1.54) is 16.7 Å². The van der Waals surface area contributed by atoms with E-state index < -0.39 is 5.97 Å². The lowest BCUT2D eigenvalue weighted by molar-refractivity contribution is -0.146. The topological polar surface area (TPSA) is 74.7 Å². The van der Waals surface area contributed by atoms with Gasteiger partial charge in [0, 0.05) is 11.3 Å². The van der Waals surface area contributed by atoms with Crippen molar-refractivity contribution in [3.05, 3.63) is 11.3 Å². The predicted octanol–water partition coefficient (Wildman–Crippen LogP) is -0.171. The van der Waals surface area contributed by atoms with Crippen molar-refractivity contribution in [3.63, 3.8) is 0 Å². The second-order valence-corrected chi connectivity index (χ2v) is 4.20. The van der Waals surface area contributed by atoms with Crippen molar-refractivity contribution in [1.82, 2.24) is 4.90 Å². The van der Waals surface area contributed by atoms with E-state index in [1.807, 2.05) is 0 Å². The number of fused-ring (bicyclic) bond motifs is 1. The lowest BCUT2D eigenvalue weighted by atomic mass is 10.1. The zero-order valence-electron chi connectivity index (χ0n) is 7.10. The van der Waals surface area contributed by atoms with Crippen molar-refractivity contribution in [2.24, 2.45) is 0 Å². The third-order valence-corrected chi connectivity index (χ3v) is 3.47. The molecule has 2 aliphatic rings. The first-order valence-electron chi connectivity index (χ1n) is 4.00. The Balaban J connectivity index is 2.42. The molecule has 0 saturated carbocycles. The average molecular weight is 213 g/mol.